The van der Waals surface area contributed by atoms with Crippen molar-refractivity contribution in [1.29, 1.82) is 0 Å². The third-order valence-electron chi connectivity index (χ3n) is 5.96. The van der Waals surface area contributed by atoms with Crippen LogP contribution >= 0.6 is 46.2 Å². The number of alkyl halides is 1. The summed E-state index contributed by atoms with van der Waals surface area (Å²) < 4.78 is 53.9. The lowest BCUT2D eigenvalue weighted by Crippen LogP contribution is -2.71. The maximum atomic E-state index is 14.2. The summed E-state index contributed by atoms with van der Waals surface area (Å²) >= 11 is 3.75. The molecular weight excluding hydrogens is 659 g/mol. The molecule has 1 unspecified atom stereocenters. The normalized spacial score (nSPS) is 18.7. The summed E-state index contributed by atoms with van der Waals surface area (Å²) in [7, 11) is 0. The molecule has 2 aliphatic heterocycles. The molecule has 1 fully saturated rings. The average Bonchev–Trinajstić information content (AvgIpc) is 3.40. The van der Waals surface area contributed by atoms with Crippen molar-refractivity contribution in [2.45, 2.75) is 15.6 Å². The van der Waals surface area contributed by atoms with Gasteiger partial charge in [-0.25, -0.2) is 27.3 Å². The molecule has 4 heterocycles. The van der Waals surface area contributed by atoms with E-state index in [1.165, 1.54) is 16.9 Å². The second-order valence-corrected chi connectivity index (χ2v) is 12.8. The molecule has 3 aromatic rings. The molecule has 19 heteroatoms. The van der Waals surface area contributed by atoms with Crippen molar-refractivity contribution in [3.05, 3.63) is 73.6 Å². The third-order valence-corrected chi connectivity index (χ3v) is 10.0. The number of nitrogens with two attached hydrogens (primary N) is 1. The van der Waals surface area contributed by atoms with E-state index >= 15 is 0 Å². The summed E-state index contributed by atoms with van der Waals surface area (Å²) in [6.07, 6.45) is 1.39. The van der Waals surface area contributed by atoms with Crippen LogP contribution in [-0.2, 0) is 19.2 Å². The van der Waals surface area contributed by atoms with E-state index in [0.717, 1.165) is 45.8 Å². The van der Waals surface area contributed by atoms with E-state index in [-0.39, 0.29) is 42.1 Å². The zero-order valence-corrected chi connectivity index (χ0v) is 24.3. The molecule has 0 spiro atoms. The number of nitrogens with zero attached hydrogens (tertiary/aromatic N) is 3. The van der Waals surface area contributed by atoms with Crippen molar-refractivity contribution in [1.82, 2.24) is 15.2 Å². The first-order valence-electron chi connectivity index (χ1n) is 11.7. The fraction of sp³-hybridized carbons (Fsp3) is 0.167. The van der Waals surface area contributed by atoms with Crippen LogP contribution in [0, 0.1) is 17.5 Å². The van der Waals surface area contributed by atoms with Crippen molar-refractivity contribution >= 4 is 84.9 Å². The number of β-lactam (4-membered cyclic amide) rings is 1. The minimum absolute atomic E-state index is 0.0131. The number of nitrogens with one attached hydrogen (secondary N) is 1. The Labute approximate surface area is 254 Å². The molecule has 2 aromatic heterocycles. The number of carbonyl (C=O) groups is 3. The number of hydrogen-bond donors (Lipinski definition) is 3. The number of amides is 2. The maximum absolute atomic E-state index is 14.2. The SMILES string of the molecule is Nc1nc(C(=NOCF)C(=O)NC2C(=O)N3C(C(=O)O)=C(C=CSc4cc(=O)c5cc(F)c(F)c(F)c5s4)CS[C@H]23)cs1. The Morgan fingerprint density at radius 2 is 2.05 bits per heavy atom. The lowest BCUT2D eigenvalue weighted by Gasteiger charge is -2.49. The summed E-state index contributed by atoms with van der Waals surface area (Å²) in [5.74, 6) is -7.65. The van der Waals surface area contributed by atoms with Crippen LogP contribution < -0.4 is 16.5 Å². The van der Waals surface area contributed by atoms with Crippen LogP contribution in [0.2, 0.25) is 0 Å². The summed E-state index contributed by atoms with van der Waals surface area (Å²) in [5.41, 5.74) is 4.29. The number of halogens is 4. The van der Waals surface area contributed by atoms with Crippen molar-refractivity contribution in [2.24, 2.45) is 5.16 Å². The fourth-order valence-electron chi connectivity index (χ4n) is 4.09. The monoisotopic (exact) mass is 673 g/mol. The van der Waals surface area contributed by atoms with Gasteiger partial charge in [-0.05, 0) is 23.1 Å². The van der Waals surface area contributed by atoms with Gasteiger partial charge in [0, 0.05) is 22.6 Å². The van der Waals surface area contributed by atoms with Crippen LogP contribution in [0.25, 0.3) is 10.1 Å². The summed E-state index contributed by atoms with van der Waals surface area (Å²) in [5, 5.41) is 17.5. The first kappa shape index (κ1) is 30.5. The van der Waals surface area contributed by atoms with E-state index in [9.17, 15) is 41.8 Å². The van der Waals surface area contributed by atoms with E-state index in [4.69, 9.17) is 5.73 Å². The number of hydrogen-bond acceptors (Lipinski definition) is 12. The number of anilines is 1. The zero-order valence-electron chi connectivity index (χ0n) is 21.0. The molecule has 224 valence electrons. The minimum Gasteiger partial charge on any atom is -0.477 e. The summed E-state index contributed by atoms with van der Waals surface area (Å²) in [6, 6.07) is 0.587. The Morgan fingerprint density at radius 1 is 1.28 bits per heavy atom. The molecule has 5 rings (SSSR count). The molecule has 0 saturated carbocycles. The van der Waals surface area contributed by atoms with Gasteiger partial charge in [0.2, 0.25) is 0 Å². The van der Waals surface area contributed by atoms with Gasteiger partial charge in [0.25, 0.3) is 18.7 Å². The van der Waals surface area contributed by atoms with Gasteiger partial charge in [-0.15, -0.1) is 34.4 Å². The van der Waals surface area contributed by atoms with Crippen LogP contribution in [0.4, 0.5) is 22.7 Å². The van der Waals surface area contributed by atoms with Gasteiger partial charge in [0.1, 0.15) is 22.8 Å². The lowest BCUT2D eigenvalue weighted by atomic mass is 10.0. The number of allylic oxidation sites excluding steroid dienone is 1. The minimum atomic E-state index is -1.70. The molecule has 2 aliphatic rings. The molecule has 2 amide bonds. The molecule has 1 aromatic carbocycles. The van der Waals surface area contributed by atoms with Gasteiger partial charge in [0.15, 0.2) is 33.7 Å². The number of thioether (sulfide) groups is 2. The van der Waals surface area contributed by atoms with E-state index in [2.05, 4.69) is 20.3 Å². The Balaban J connectivity index is 1.34. The largest absolute Gasteiger partial charge is 0.477 e. The highest BCUT2D eigenvalue weighted by molar-refractivity contribution is 8.04. The average molecular weight is 674 g/mol. The van der Waals surface area contributed by atoms with E-state index in [1.54, 1.807) is 0 Å². The van der Waals surface area contributed by atoms with E-state index < -0.39 is 64.7 Å². The van der Waals surface area contributed by atoms with Crippen molar-refractivity contribution < 1.29 is 41.9 Å². The highest BCUT2D eigenvalue weighted by Crippen LogP contribution is 2.41. The molecule has 11 nitrogen and oxygen atoms in total. The Bertz CT molecular complexity index is 1830. The van der Waals surface area contributed by atoms with Gasteiger partial charge < -0.3 is 21.0 Å². The first-order valence-corrected chi connectivity index (χ1v) is 15.3. The molecule has 0 radical (unpaired) electrons. The number of carboxylic acids is 1. The number of nitrogen functional groups attached to an aromatic ring is 1. The molecule has 1 saturated heterocycles. The number of fused-ring (bicyclic) bond motifs is 2. The molecule has 0 bridgehead atoms. The highest BCUT2D eigenvalue weighted by Gasteiger charge is 2.54. The van der Waals surface area contributed by atoms with Gasteiger partial charge in [-0.2, -0.15) is 0 Å². The van der Waals surface area contributed by atoms with Crippen LogP contribution in [0.1, 0.15) is 5.69 Å². The zero-order chi connectivity index (χ0) is 31.0. The third kappa shape index (κ3) is 5.84. The van der Waals surface area contributed by atoms with Crippen molar-refractivity contribution in [3.8, 4) is 0 Å². The molecule has 0 aliphatic carbocycles. The number of carboxylic acid groups (broad SMARTS) is 1. The Hall–Kier alpha value is -3.94. The standard InChI is InChI=1S/C24H15F4N5O6S4/c25-7-39-32-16(11-6-42-24(29)30-11)20(35)31-17-21(36)33-18(23(37)38)8(5-41-22(17)33)1-2-40-13-4-12(34)9-3-10(26)14(27)15(28)19(9)43-13/h1-4,6,17,22H,5,7H2,(H2,29,30)(H,31,35)(H,37,38)/t17?,22-/m1/s1. The summed E-state index contributed by atoms with van der Waals surface area (Å²) in [6.45, 7) is -1.33. The smallest absolute Gasteiger partial charge is 0.352 e. The van der Waals surface area contributed by atoms with Crippen molar-refractivity contribution in [3.63, 3.8) is 0 Å². The molecular formula is C24H15F4N5O6S4. The maximum Gasteiger partial charge on any atom is 0.352 e. The number of oxime groups is 1. The lowest BCUT2D eigenvalue weighted by molar-refractivity contribution is -0.150. The van der Waals surface area contributed by atoms with E-state index in [0.29, 0.717) is 17.4 Å². The molecule has 43 heavy (non-hydrogen) atoms. The van der Waals surface area contributed by atoms with Crippen LogP contribution in [0.3, 0.4) is 0 Å². The predicted molar refractivity (Wildman–Crippen MR) is 153 cm³/mol. The van der Waals surface area contributed by atoms with E-state index in [1.807, 2.05) is 0 Å². The molecule has 2 atom stereocenters. The van der Waals surface area contributed by atoms with Crippen LogP contribution in [0.5, 0.6) is 0 Å². The number of rotatable bonds is 9. The fourth-order valence-corrected chi connectivity index (χ4v) is 7.92. The van der Waals surface area contributed by atoms with Crippen LogP contribution in [0.15, 0.2) is 54.4 Å². The second-order valence-electron chi connectivity index (χ2n) is 8.50. The highest BCUT2D eigenvalue weighted by atomic mass is 32.2. The van der Waals surface area contributed by atoms with Gasteiger partial charge in [-0.3, -0.25) is 19.3 Å². The molecule has 4 N–H and O–H groups in total. The first-order chi connectivity index (χ1) is 20.5. The van der Waals surface area contributed by atoms with Crippen molar-refractivity contribution in [2.75, 3.05) is 18.3 Å². The quantitative estimate of drug-likeness (QED) is 0.0766. The van der Waals surface area contributed by atoms with Gasteiger partial charge in [0.05, 0.1) is 8.91 Å². The Kier molecular flexibility index (Phi) is 8.76. The van der Waals surface area contributed by atoms with Gasteiger partial charge in [-0.1, -0.05) is 16.9 Å². The number of thiazole rings is 1. The number of carbonyl (C=O) groups excluding carboxylic acids is 2. The number of benzene rings is 1. The second kappa shape index (κ2) is 12.3. The summed E-state index contributed by atoms with van der Waals surface area (Å²) in [4.78, 5) is 59.6. The van der Waals surface area contributed by atoms with Crippen LogP contribution in [-0.4, -0.2) is 62.5 Å². The predicted octanol–water partition coefficient (Wildman–Crippen LogP) is 3.41. The number of aromatic nitrogens is 1. The number of aliphatic carboxylic acids is 1. The van der Waals surface area contributed by atoms with Gasteiger partial charge >= 0.3 is 5.97 Å². The Morgan fingerprint density at radius 3 is 2.72 bits per heavy atom. The topological polar surface area (TPSA) is 164 Å².